The maximum atomic E-state index is 10.3. The van der Waals surface area contributed by atoms with Crippen LogP contribution in [0, 0.1) is 20.8 Å². The van der Waals surface area contributed by atoms with E-state index in [9.17, 15) is 20.4 Å². The van der Waals surface area contributed by atoms with Gasteiger partial charge in [-0.3, -0.25) is 0 Å². The number of ether oxygens (including phenoxy) is 2. The van der Waals surface area contributed by atoms with Crippen LogP contribution in [0.2, 0.25) is 0 Å². The monoisotopic (exact) mass is 506 g/mol. The lowest BCUT2D eigenvalue weighted by Gasteiger charge is -2.40. The largest absolute Gasteiger partial charge is 0.394 e. The first-order chi connectivity index (χ1) is 17.1. The van der Waals surface area contributed by atoms with E-state index in [4.69, 9.17) is 24.8 Å². The molecule has 2 aromatic carbocycles. The summed E-state index contributed by atoms with van der Waals surface area (Å²) in [5, 5.41) is 66.2. The summed E-state index contributed by atoms with van der Waals surface area (Å²) >= 11 is 0. The molecular weight excluding hydrogens is 468 g/mol. The van der Waals surface area contributed by atoms with Crippen LogP contribution in [0.5, 0.6) is 0 Å². The molecule has 0 bridgehead atoms. The van der Waals surface area contributed by atoms with Crippen molar-refractivity contribution in [1.82, 2.24) is 0 Å². The first-order valence-electron chi connectivity index (χ1n) is 12.1. The van der Waals surface area contributed by atoms with E-state index in [-0.39, 0.29) is 19.3 Å². The average Bonchev–Trinajstić information content (AvgIpc) is 2.85. The van der Waals surface area contributed by atoms with Crippen molar-refractivity contribution in [3.8, 4) is 11.1 Å². The molecule has 6 unspecified atom stereocenters. The number of aliphatic hydroxyl groups excluding tert-OH is 7. The van der Waals surface area contributed by atoms with E-state index in [1.54, 1.807) is 0 Å². The normalized spacial score (nSPS) is 32.5. The van der Waals surface area contributed by atoms with E-state index in [1.165, 1.54) is 11.1 Å². The first kappa shape index (κ1) is 28.6. The maximum Gasteiger partial charge on any atom is 0.113 e. The average molecular weight is 507 g/mol. The highest BCUT2D eigenvalue weighted by Gasteiger charge is 2.44. The van der Waals surface area contributed by atoms with Crippen LogP contribution in [0.15, 0.2) is 36.4 Å². The van der Waals surface area contributed by atoms with E-state index in [1.807, 2.05) is 25.1 Å². The third-order valence-electron chi connectivity index (χ3n) is 6.82. The minimum Gasteiger partial charge on any atom is -0.394 e. The molecule has 0 saturated carbocycles. The van der Waals surface area contributed by atoms with Gasteiger partial charge in [0.1, 0.15) is 36.6 Å². The van der Waals surface area contributed by atoms with Gasteiger partial charge >= 0.3 is 0 Å². The molecule has 2 saturated heterocycles. The molecule has 0 radical (unpaired) electrons. The third-order valence-corrected chi connectivity index (χ3v) is 6.82. The summed E-state index contributed by atoms with van der Waals surface area (Å²) in [5.74, 6) is 0. The fraction of sp³-hybridized carbons (Fsp3) is 0.556. The van der Waals surface area contributed by atoms with Crippen molar-refractivity contribution in [2.75, 3.05) is 19.8 Å². The van der Waals surface area contributed by atoms with Gasteiger partial charge in [0, 0.05) is 6.42 Å². The number of benzene rings is 2. The number of hydrogen-bond acceptors (Lipinski definition) is 9. The van der Waals surface area contributed by atoms with Gasteiger partial charge < -0.3 is 45.2 Å². The van der Waals surface area contributed by atoms with Gasteiger partial charge in [-0.25, -0.2) is 0 Å². The van der Waals surface area contributed by atoms with Crippen LogP contribution in [0.4, 0.5) is 0 Å². The lowest BCUT2D eigenvalue weighted by molar-refractivity contribution is -0.231. The predicted molar refractivity (Wildman–Crippen MR) is 132 cm³/mol. The second kappa shape index (κ2) is 12.6. The molecule has 0 aliphatic carbocycles. The molecule has 0 amide bonds. The Hall–Kier alpha value is -1.92. The second-order valence-corrected chi connectivity index (χ2v) is 9.65. The predicted octanol–water partition coefficient (Wildman–Crippen LogP) is 0.283. The van der Waals surface area contributed by atoms with Gasteiger partial charge in [0.2, 0.25) is 0 Å². The summed E-state index contributed by atoms with van der Waals surface area (Å²) in [5.41, 5.74) is 6.24. The fourth-order valence-electron chi connectivity index (χ4n) is 4.63. The lowest BCUT2D eigenvalue weighted by Crippen LogP contribution is -2.55. The van der Waals surface area contributed by atoms with Crippen LogP contribution in [0.25, 0.3) is 11.1 Å². The highest BCUT2D eigenvalue weighted by atomic mass is 16.5. The molecule has 2 aromatic rings. The molecule has 0 aromatic heterocycles. The van der Waals surface area contributed by atoms with Crippen LogP contribution in [0.3, 0.4) is 0 Å². The topological polar surface area (TPSA) is 160 Å². The Morgan fingerprint density at radius 2 is 1.50 bits per heavy atom. The zero-order chi connectivity index (χ0) is 26.6. The lowest BCUT2D eigenvalue weighted by atomic mass is 9.88. The van der Waals surface area contributed by atoms with Crippen LogP contribution < -0.4 is 0 Å². The standard InChI is InChI=1S/C21H26O5.C6H12O4/c1-11-4-6-15(12(2)8-11)14-5-7-16(13(3)9-14)21-20(25)19(24)18(23)17(10-22)26-21;7-2-4-1-5(8)6(9)3-10-4/h4-9,17-25H,10H2,1-3H3;4-9H,1-3H2/t17?,18-,19?,20?,21-;/m1./s1. The van der Waals surface area contributed by atoms with E-state index < -0.39 is 49.3 Å². The Balaban J connectivity index is 0.000000303. The van der Waals surface area contributed by atoms with Gasteiger partial charge in [-0.15, -0.1) is 0 Å². The summed E-state index contributed by atoms with van der Waals surface area (Å²) in [6, 6.07) is 12.2. The molecule has 0 spiro atoms. The molecule has 36 heavy (non-hydrogen) atoms. The van der Waals surface area contributed by atoms with E-state index >= 15 is 0 Å². The Bertz CT molecular complexity index is 995. The van der Waals surface area contributed by atoms with Crippen molar-refractivity contribution in [3.63, 3.8) is 0 Å². The zero-order valence-corrected chi connectivity index (χ0v) is 20.9. The van der Waals surface area contributed by atoms with Gasteiger partial charge in [-0.2, -0.15) is 0 Å². The molecule has 200 valence electrons. The summed E-state index contributed by atoms with van der Waals surface area (Å²) < 4.78 is 10.6. The fourth-order valence-corrected chi connectivity index (χ4v) is 4.63. The molecule has 9 nitrogen and oxygen atoms in total. The van der Waals surface area contributed by atoms with Crippen LogP contribution in [-0.2, 0) is 9.47 Å². The van der Waals surface area contributed by atoms with E-state index in [2.05, 4.69) is 32.0 Å². The Labute approximate surface area is 211 Å². The van der Waals surface area contributed by atoms with Gasteiger partial charge in [0.15, 0.2) is 0 Å². The van der Waals surface area contributed by atoms with Crippen LogP contribution in [0.1, 0.15) is 34.8 Å². The van der Waals surface area contributed by atoms with E-state index in [0.29, 0.717) is 6.42 Å². The van der Waals surface area contributed by atoms with Crippen LogP contribution >= 0.6 is 0 Å². The molecule has 2 heterocycles. The number of hydrogen-bond donors (Lipinski definition) is 7. The quantitative estimate of drug-likeness (QED) is 0.309. The van der Waals surface area contributed by atoms with Gasteiger partial charge in [-0.05, 0) is 48.6 Å². The molecule has 8 atom stereocenters. The number of aryl methyl sites for hydroxylation is 3. The Morgan fingerprint density at radius 1 is 0.778 bits per heavy atom. The minimum absolute atomic E-state index is 0.0935. The Morgan fingerprint density at radius 3 is 2.08 bits per heavy atom. The van der Waals surface area contributed by atoms with E-state index in [0.717, 1.165) is 22.3 Å². The van der Waals surface area contributed by atoms with Crippen molar-refractivity contribution >= 4 is 0 Å². The van der Waals surface area contributed by atoms with Crippen molar-refractivity contribution in [2.24, 2.45) is 0 Å². The number of rotatable bonds is 4. The van der Waals surface area contributed by atoms with Gasteiger partial charge in [0.25, 0.3) is 0 Å². The van der Waals surface area contributed by atoms with Crippen molar-refractivity contribution < 1.29 is 45.2 Å². The summed E-state index contributed by atoms with van der Waals surface area (Å²) in [6.45, 7) is 5.65. The molecule has 9 heteroatoms. The SMILES string of the molecule is Cc1ccc(-c2ccc([C@H]3OC(CO)[C@@H](O)C(O)C3O)c(C)c2)c(C)c1.OCC1CC(O)C(O)CO1. The highest BCUT2D eigenvalue weighted by Crippen LogP contribution is 2.36. The molecule has 2 fully saturated rings. The van der Waals surface area contributed by atoms with Crippen molar-refractivity contribution in [3.05, 3.63) is 58.7 Å². The molecule has 4 rings (SSSR count). The minimum atomic E-state index is -1.37. The molecule has 2 aliphatic heterocycles. The first-order valence-corrected chi connectivity index (χ1v) is 12.1. The summed E-state index contributed by atoms with van der Waals surface area (Å²) in [6.07, 6.45) is -7.22. The second-order valence-electron chi connectivity index (χ2n) is 9.65. The smallest absolute Gasteiger partial charge is 0.113 e. The van der Waals surface area contributed by atoms with Gasteiger partial charge in [0.05, 0.1) is 32.0 Å². The van der Waals surface area contributed by atoms with Crippen LogP contribution in [-0.4, -0.2) is 98.3 Å². The molecule has 2 aliphatic rings. The highest BCUT2D eigenvalue weighted by molar-refractivity contribution is 5.68. The Kier molecular flexibility index (Phi) is 9.99. The number of aliphatic hydroxyl groups is 7. The molecule has 7 N–H and O–H groups in total. The summed E-state index contributed by atoms with van der Waals surface area (Å²) in [4.78, 5) is 0. The third kappa shape index (κ3) is 6.49. The molecular formula is C27H38O9. The van der Waals surface area contributed by atoms with Gasteiger partial charge in [-0.1, -0.05) is 42.0 Å². The maximum absolute atomic E-state index is 10.3. The summed E-state index contributed by atoms with van der Waals surface area (Å²) in [7, 11) is 0. The van der Waals surface area contributed by atoms with Crippen molar-refractivity contribution in [1.29, 1.82) is 0 Å². The van der Waals surface area contributed by atoms with Crippen molar-refractivity contribution in [2.45, 2.75) is 76.0 Å². The zero-order valence-electron chi connectivity index (χ0n) is 20.9.